The molecule has 1 atom stereocenters. The number of benzene rings is 3. The summed E-state index contributed by atoms with van der Waals surface area (Å²) < 4.78 is 25.0. The fourth-order valence-electron chi connectivity index (χ4n) is 5.93. The predicted octanol–water partition coefficient (Wildman–Crippen LogP) is 5.81. The van der Waals surface area contributed by atoms with Crippen molar-refractivity contribution in [3.63, 3.8) is 0 Å². The van der Waals surface area contributed by atoms with E-state index in [9.17, 15) is 4.79 Å². The first kappa shape index (κ1) is 29.9. The summed E-state index contributed by atoms with van der Waals surface area (Å²) in [6.07, 6.45) is 4.07. The molecule has 0 N–H and O–H groups in total. The fourth-order valence-corrected chi connectivity index (χ4v) is 5.93. The molecular formula is C36H38N4O5. The van der Waals surface area contributed by atoms with E-state index in [1.54, 1.807) is 21.3 Å². The summed E-state index contributed by atoms with van der Waals surface area (Å²) in [5.74, 6) is 2.60. The normalized spacial score (nSPS) is 13.8. The van der Waals surface area contributed by atoms with E-state index in [0.717, 1.165) is 41.3 Å². The number of hydrogen-bond acceptors (Lipinski definition) is 7. The van der Waals surface area contributed by atoms with Gasteiger partial charge >= 0.3 is 0 Å². The molecule has 1 aliphatic heterocycles. The number of imidazole rings is 1. The Hall–Kier alpha value is -5.18. The van der Waals surface area contributed by atoms with Gasteiger partial charge in [0.15, 0.2) is 11.4 Å². The summed E-state index contributed by atoms with van der Waals surface area (Å²) in [6.45, 7) is 3.12. The molecule has 9 nitrogen and oxygen atoms in total. The van der Waals surface area contributed by atoms with Crippen molar-refractivity contribution < 1.29 is 23.7 Å². The van der Waals surface area contributed by atoms with E-state index in [2.05, 4.69) is 11.0 Å². The maximum absolute atomic E-state index is 14.0. The number of nitrogens with zero attached hydrogens (tertiary/aromatic N) is 4. The van der Waals surface area contributed by atoms with Crippen LogP contribution in [0, 0.1) is 0 Å². The smallest absolute Gasteiger partial charge is 0.223 e. The second-order valence-corrected chi connectivity index (χ2v) is 11.0. The summed E-state index contributed by atoms with van der Waals surface area (Å²) in [5.41, 5.74) is 4.60. The summed E-state index contributed by atoms with van der Waals surface area (Å²) >= 11 is 0. The minimum Gasteiger partial charge on any atom is -0.497 e. The third-order valence-electron chi connectivity index (χ3n) is 8.34. The quantitative estimate of drug-likeness (QED) is 0.188. The number of hydrogen-bond donors (Lipinski definition) is 0. The van der Waals surface area contributed by atoms with E-state index >= 15 is 0 Å². The second kappa shape index (κ2) is 13.6. The Balaban J connectivity index is 1.28. The number of ether oxygens (including phenoxy) is 4. The minimum absolute atomic E-state index is 0.0768. The Labute approximate surface area is 263 Å². The molecule has 1 amide bonds. The average Bonchev–Trinajstić information content (AvgIpc) is 3.54. The Bertz CT molecular complexity index is 1730. The van der Waals surface area contributed by atoms with Crippen molar-refractivity contribution >= 4 is 17.2 Å². The topological polar surface area (TPSA) is 77.8 Å². The zero-order valence-electron chi connectivity index (χ0n) is 25.9. The molecule has 1 fully saturated rings. The maximum Gasteiger partial charge on any atom is 0.223 e. The lowest BCUT2D eigenvalue weighted by Gasteiger charge is -2.37. The standard InChI is InChI=1S/C36H38N4O5/c1-42-28-20-27(21-29(22-28)43-2)30(23-35(41)39-18-16-38(17-19-39)31-12-7-8-13-33(31)44-3)32-24-37-36-34(14-9-15-40(32)36)45-25-26-10-5-4-6-11-26/h4-15,20-22,24,30H,16-19,23,25H2,1-3H3. The van der Waals surface area contributed by atoms with Crippen LogP contribution in [-0.2, 0) is 11.4 Å². The molecule has 2 aromatic heterocycles. The molecule has 3 heterocycles. The molecule has 6 rings (SSSR count). The first-order chi connectivity index (χ1) is 22.1. The molecule has 1 unspecified atom stereocenters. The number of amides is 1. The molecule has 1 aliphatic rings. The first-order valence-corrected chi connectivity index (χ1v) is 15.1. The zero-order chi connectivity index (χ0) is 31.2. The second-order valence-electron chi connectivity index (χ2n) is 11.0. The molecule has 0 aliphatic carbocycles. The number of fused-ring (bicyclic) bond motifs is 1. The van der Waals surface area contributed by atoms with Gasteiger partial charge in [0.2, 0.25) is 5.91 Å². The Morgan fingerprint density at radius 1 is 0.800 bits per heavy atom. The first-order valence-electron chi connectivity index (χ1n) is 15.1. The molecule has 9 heteroatoms. The number of para-hydroxylation sites is 2. The lowest BCUT2D eigenvalue weighted by molar-refractivity contribution is -0.131. The van der Waals surface area contributed by atoms with Crippen LogP contribution in [0.3, 0.4) is 0 Å². The SMILES string of the molecule is COc1cc(OC)cc(C(CC(=O)N2CCN(c3ccccc3OC)CC2)c2cnc3c(OCc4ccccc4)cccn23)c1. The van der Waals surface area contributed by atoms with Crippen molar-refractivity contribution in [2.24, 2.45) is 0 Å². The van der Waals surface area contributed by atoms with E-state index in [4.69, 9.17) is 23.9 Å². The minimum atomic E-state index is -0.312. The number of rotatable bonds is 11. The predicted molar refractivity (Wildman–Crippen MR) is 174 cm³/mol. The number of methoxy groups -OCH3 is 3. The lowest BCUT2D eigenvalue weighted by Crippen LogP contribution is -2.49. The average molecular weight is 607 g/mol. The molecule has 232 valence electrons. The fraction of sp³-hybridized carbons (Fsp3) is 0.278. The molecule has 45 heavy (non-hydrogen) atoms. The van der Waals surface area contributed by atoms with Crippen LogP contribution in [0.5, 0.6) is 23.0 Å². The van der Waals surface area contributed by atoms with Crippen LogP contribution in [0.2, 0.25) is 0 Å². The van der Waals surface area contributed by atoms with Gasteiger partial charge in [0.05, 0.1) is 32.7 Å². The van der Waals surface area contributed by atoms with Crippen molar-refractivity contribution in [2.75, 3.05) is 52.4 Å². The molecule has 5 aromatic rings. The van der Waals surface area contributed by atoms with Gasteiger partial charge in [-0.05, 0) is 47.5 Å². The summed E-state index contributed by atoms with van der Waals surface area (Å²) in [7, 11) is 4.94. The molecule has 0 saturated carbocycles. The van der Waals surface area contributed by atoms with Gasteiger partial charge in [-0.2, -0.15) is 0 Å². The summed E-state index contributed by atoms with van der Waals surface area (Å²) in [6, 6.07) is 27.7. The molecule has 0 bridgehead atoms. The summed E-state index contributed by atoms with van der Waals surface area (Å²) in [4.78, 5) is 23.0. The van der Waals surface area contributed by atoms with Gasteiger partial charge in [-0.25, -0.2) is 4.98 Å². The van der Waals surface area contributed by atoms with Gasteiger partial charge in [-0.3, -0.25) is 4.79 Å². The van der Waals surface area contributed by atoms with Crippen LogP contribution in [0.4, 0.5) is 5.69 Å². The van der Waals surface area contributed by atoms with Crippen molar-refractivity contribution in [3.8, 4) is 23.0 Å². The highest BCUT2D eigenvalue weighted by Gasteiger charge is 2.29. The van der Waals surface area contributed by atoms with Crippen molar-refractivity contribution in [1.82, 2.24) is 14.3 Å². The molecule has 3 aromatic carbocycles. The van der Waals surface area contributed by atoms with E-state index in [-0.39, 0.29) is 18.2 Å². The number of piperazine rings is 1. The molecule has 0 spiro atoms. The monoisotopic (exact) mass is 606 g/mol. The van der Waals surface area contributed by atoms with Gasteiger partial charge in [0.1, 0.15) is 23.9 Å². The molecule has 1 saturated heterocycles. The van der Waals surface area contributed by atoms with Crippen LogP contribution in [0.1, 0.15) is 29.2 Å². The van der Waals surface area contributed by atoms with Crippen LogP contribution in [0.15, 0.2) is 97.3 Å². The van der Waals surface area contributed by atoms with Crippen molar-refractivity contribution in [3.05, 3.63) is 114 Å². The third-order valence-corrected chi connectivity index (χ3v) is 8.34. The Morgan fingerprint density at radius 2 is 1.49 bits per heavy atom. The molecule has 0 radical (unpaired) electrons. The van der Waals surface area contributed by atoms with Crippen LogP contribution in [-0.4, -0.2) is 67.7 Å². The van der Waals surface area contributed by atoms with Crippen molar-refractivity contribution in [2.45, 2.75) is 18.9 Å². The highest BCUT2D eigenvalue weighted by molar-refractivity contribution is 5.78. The van der Waals surface area contributed by atoms with E-state index in [1.165, 1.54) is 0 Å². The highest BCUT2D eigenvalue weighted by atomic mass is 16.5. The molecular weight excluding hydrogens is 568 g/mol. The maximum atomic E-state index is 14.0. The highest BCUT2D eigenvalue weighted by Crippen LogP contribution is 2.36. The zero-order valence-corrected chi connectivity index (χ0v) is 25.9. The largest absolute Gasteiger partial charge is 0.497 e. The van der Waals surface area contributed by atoms with E-state index in [0.29, 0.717) is 42.6 Å². The Morgan fingerprint density at radius 3 is 2.20 bits per heavy atom. The number of carbonyl (C=O) groups is 1. The lowest BCUT2D eigenvalue weighted by atomic mass is 9.91. The third kappa shape index (κ3) is 6.52. The van der Waals surface area contributed by atoms with Gasteiger partial charge < -0.3 is 33.1 Å². The van der Waals surface area contributed by atoms with Gasteiger partial charge in [0, 0.05) is 57.0 Å². The van der Waals surface area contributed by atoms with E-state index in [1.807, 2.05) is 101 Å². The number of anilines is 1. The van der Waals surface area contributed by atoms with Gasteiger partial charge in [-0.1, -0.05) is 42.5 Å². The van der Waals surface area contributed by atoms with Crippen LogP contribution < -0.4 is 23.8 Å². The number of pyridine rings is 1. The van der Waals surface area contributed by atoms with Crippen molar-refractivity contribution in [1.29, 1.82) is 0 Å². The Kier molecular flexibility index (Phi) is 9.05. The van der Waals surface area contributed by atoms with Gasteiger partial charge in [0.25, 0.3) is 0 Å². The van der Waals surface area contributed by atoms with E-state index < -0.39 is 0 Å². The van der Waals surface area contributed by atoms with Gasteiger partial charge in [-0.15, -0.1) is 0 Å². The van der Waals surface area contributed by atoms with Crippen LogP contribution >= 0.6 is 0 Å². The number of aromatic nitrogens is 2. The summed E-state index contributed by atoms with van der Waals surface area (Å²) in [5, 5.41) is 0. The number of carbonyl (C=O) groups excluding carboxylic acids is 1. The van der Waals surface area contributed by atoms with Crippen LogP contribution in [0.25, 0.3) is 5.65 Å².